The zero-order chi connectivity index (χ0) is 25.5. The molecule has 4 nitrogen and oxygen atoms in total. The minimum absolute atomic E-state index is 0.839. The van der Waals surface area contributed by atoms with Gasteiger partial charge in [-0.05, 0) is 0 Å². The van der Waals surface area contributed by atoms with Crippen molar-refractivity contribution in [2.75, 3.05) is 13.2 Å². The molecule has 0 aliphatic rings. The van der Waals surface area contributed by atoms with Crippen molar-refractivity contribution in [3.8, 4) is 0 Å². The Labute approximate surface area is 162 Å². The molecule has 0 rings (SSSR count). The van der Waals surface area contributed by atoms with Crippen LogP contribution in [0.4, 0.5) is 66.3 Å². The molecule has 0 N–H and O–H groups in total. The highest BCUT2D eigenvalue weighted by Crippen LogP contribution is 2.60. The van der Waals surface area contributed by atoms with E-state index in [-0.39, 0.29) is 0 Å². The molecule has 0 atom stereocenters. The van der Waals surface area contributed by atoms with Gasteiger partial charge in [-0.15, -0.1) is 4.39 Å². The highest BCUT2D eigenvalue weighted by atomic mass is 19.4. The van der Waals surface area contributed by atoms with E-state index >= 15 is 0 Å². The van der Waals surface area contributed by atoms with Crippen molar-refractivity contribution < 1.29 is 80.5 Å². The number of hydrogen-bond acceptors (Lipinski definition) is 4. The van der Waals surface area contributed by atoms with Crippen molar-refractivity contribution in [3.05, 3.63) is 0 Å². The Morgan fingerprint density at radius 2 is 0.968 bits per heavy atom. The molecule has 0 spiro atoms. The lowest BCUT2D eigenvalue weighted by Crippen LogP contribution is -2.71. The lowest BCUT2D eigenvalue weighted by Gasteiger charge is -2.39. The second-order valence-electron chi connectivity index (χ2n) is 6.64. The molecule has 0 saturated heterocycles. The van der Waals surface area contributed by atoms with Gasteiger partial charge in [0.25, 0.3) is 0 Å². The van der Waals surface area contributed by atoms with Gasteiger partial charge in [-0.25, -0.2) is 9.59 Å². The fraction of sp³-hybridized carbons (Fsp3) is 0.846. The molecule has 0 aliphatic heterocycles. The van der Waals surface area contributed by atoms with Crippen LogP contribution in [0.5, 0.6) is 0 Å². The summed E-state index contributed by atoms with van der Waals surface area (Å²) in [5.41, 5.74) is -1.86. The van der Waals surface area contributed by atoms with Gasteiger partial charge >= 0.3 is 48.0 Å². The van der Waals surface area contributed by atoms with Gasteiger partial charge in [0.2, 0.25) is 0 Å². The average molecular weight is 496 g/mol. The maximum atomic E-state index is 13.5. The van der Waals surface area contributed by atoms with Gasteiger partial charge < -0.3 is 9.47 Å². The third-order valence-corrected chi connectivity index (χ3v) is 3.36. The molecule has 31 heavy (non-hydrogen) atoms. The van der Waals surface area contributed by atoms with E-state index in [9.17, 15) is 71.1 Å². The van der Waals surface area contributed by atoms with E-state index in [1.54, 1.807) is 0 Å². The summed E-state index contributed by atoms with van der Waals surface area (Å²) in [5, 5.41) is 0. The SMILES string of the molecule is CC(C)(COC(=O)F)COC(=O)C(F)(F)C(F)(F)C(F)(F)C(F)(F)C(F)(F)C(F)(F)F. The van der Waals surface area contributed by atoms with Gasteiger partial charge in [-0.2, -0.15) is 57.1 Å². The van der Waals surface area contributed by atoms with Crippen LogP contribution in [0.2, 0.25) is 0 Å². The Morgan fingerprint density at radius 3 is 1.32 bits per heavy atom. The topological polar surface area (TPSA) is 52.6 Å². The predicted octanol–water partition coefficient (Wildman–Crippen LogP) is 5.40. The molecule has 0 aromatic rings. The van der Waals surface area contributed by atoms with E-state index < -0.39 is 66.6 Å². The highest BCUT2D eigenvalue weighted by Gasteiger charge is 2.92. The van der Waals surface area contributed by atoms with Crippen LogP contribution in [-0.2, 0) is 14.3 Å². The molecule has 0 aliphatic carbocycles. The number of carbonyl (C=O) groups excluding carboxylic acids is 2. The number of carbonyl (C=O) groups is 2. The van der Waals surface area contributed by atoms with Crippen LogP contribution in [0.15, 0.2) is 0 Å². The zero-order valence-electron chi connectivity index (χ0n) is 14.8. The molecule has 0 heterocycles. The Kier molecular flexibility index (Phi) is 7.61. The Hall–Kier alpha value is -2.04. The first-order valence-electron chi connectivity index (χ1n) is 7.25. The second kappa shape index (κ2) is 8.14. The number of rotatable bonds is 9. The molecule has 0 unspecified atom stereocenters. The molecule has 18 heteroatoms. The minimum Gasteiger partial charge on any atom is -0.460 e. The first-order chi connectivity index (χ1) is 13.3. The number of ether oxygens (including phenoxy) is 2. The minimum atomic E-state index is -8.15. The molecule has 0 aromatic carbocycles. The van der Waals surface area contributed by atoms with Gasteiger partial charge in [-0.1, -0.05) is 13.8 Å². The maximum Gasteiger partial charge on any atom is 0.495 e. The summed E-state index contributed by atoms with van der Waals surface area (Å²) < 4.78 is 187. The Bertz CT molecular complexity index is 682. The maximum absolute atomic E-state index is 13.5. The molecular weight excluding hydrogens is 486 g/mol. The van der Waals surface area contributed by atoms with Crippen LogP contribution in [0.3, 0.4) is 0 Å². The number of hydrogen-bond donors (Lipinski definition) is 0. The van der Waals surface area contributed by atoms with Gasteiger partial charge in [0, 0.05) is 5.41 Å². The van der Waals surface area contributed by atoms with Crippen molar-refractivity contribution in [1.82, 2.24) is 0 Å². The van der Waals surface area contributed by atoms with Gasteiger partial charge in [0.15, 0.2) is 0 Å². The van der Waals surface area contributed by atoms with Crippen LogP contribution in [-0.4, -0.2) is 61.2 Å². The lowest BCUT2D eigenvalue weighted by atomic mass is 9.93. The van der Waals surface area contributed by atoms with E-state index in [0.717, 1.165) is 13.8 Å². The third-order valence-electron chi connectivity index (χ3n) is 3.36. The average Bonchev–Trinajstić information content (AvgIpc) is 2.56. The molecule has 0 fully saturated rings. The summed E-state index contributed by atoms with van der Waals surface area (Å²) in [6, 6.07) is 0. The Balaban J connectivity index is 5.91. The largest absolute Gasteiger partial charge is 0.495 e. The fourth-order valence-electron chi connectivity index (χ4n) is 1.54. The second-order valence-corrected chi connectivity index (χ2v) is 6.64. The van der Waals surface area contributed by atoms with E-state index in [4.69, 9.17) is 0 Å². The van der Waals surface area contributed by atoms with Gasteiger partial charge in [0.1, 0.15) is 6.61 Å². The van der Waals surface area contributed by atoms with Crippen molar-refractivity contribution in [1.29, 1.82) is 0 Å². The number of alkyl halides is 13. The molecule has 0 bridgehead atoms. The van der Waals surface area contributed by atoms with Crippen molar-refractivity contribution in [3.63, 3.8) is 0 Å². The zero-order valence-corrected chi connectivity index (χ0v) is 14.8. The van der Waals surface area contributed by atoms with E-state index in [0.29, 0.717) is 0 Å². The normalized spacial score (nSPS) is 15.0. The molecular formula is C13H10F14O4. The molecule has 0 amide bonds. The third kappa shape index (κ3) is 5.07. The molecule has 0 aromatic heterocycles. The molecule has 0 radical (unpaired) electrons. The van der Waals surface area contributed by atoms with Crippen LogP contribution in [0.25, 0.3) is 0 Å². The summed E-state index contributed by atoms with van der Waals surface area (Å²) in [7, 11) is 0. The summed E-state index contributed by atoms with van der Waals surface area (Å²) in [4.78, 5) is 21.1. The lowest BCUT2D eigenvalue weighted by molar-refractivity contribution is -0.437. The van der Waals surface area contributed by atoms with Crippen LogP contribution in [0.1, 0.15) is 13.8 Å². The van der Waals surface area contributed by atoms with Crippen molar-refractivity contribution in [2.45, 2.75) is 49.6 Å². The fourth-order valence-corrected chi connectivity index (χ4v) is 1.54. The quantitative estimate of drug-likeness (QED) is 0.244. The summed E-state index contributed by atoms with van der Waals surface area (Å²) in [6.07, 6.45) is -10.0. The predicted molar refractivity (Wildman–Crippen MR) is 68.0 cm³/mol. The van der Waals surface area contributed by atoms with Gasteiger partial charge in [0.05, 0.1) is 6.61 Å². The van der Waals surface area contributed by atoms with Crippen molar-refractivity contribution >= 4 is 12.2 Å². The van der Waals surface area contributed by atoms with Crippen LogP contribution < -0.4 is 0 Å². The van der Waals surface area contributed by atoms with E-state index in [1.165, 1.54) is 0 Å². The first kappa shape index (κ1) is 29.0. The summed E-state index contributed by atoms with van der Waals surface area (Å²) in [5.74, 6) is -42.8. The van der Waals surface area contributed by atoms with Crippen LogP contribution >= 0.6 is 0 Å². The highest BCUT2D eigenvalue weighted by molar-refractivity contribution is 5.79. The monoisotopic (exact) mass is 496 g/mol. The number of halogens is 14. The van der Waals surface area contributed by atoms with Crippen molar-refractivity contribution in [2.24, 2.45) is 5.41 Å². The van der Waals surface area contributed by atoms with E-state index in [2.05, 4.69) is 9.47 Å². The van der Waals surface area contributed by atoms with Crippen LogP contribution in [0, 0.1) is 5.41 Å². The molecule has 184 valence electrons. The summed E-state index contributed by atoms with van der Waals surface area (Å²) >= 11 is 0. The van der Waals surface area contributed by atoms with E-state index in [1.807, 2.05) is 0 Å². The van der Waals surface area contributed by atoms with Gasteiger partial charge in [-0.3, -0.25) is 0 Å². The molecule has 0 saturated carbocycles. The smallest absolute Gasteiger partial charge is 0.460 e. The summed E-state index contributed by atoms with van der Waals surface area (Å²) in [6.45, 7) is -0.937. The first-order valence-corrected chi connectivity index (χ1v) is 7.25. The Morgan fingerprint density at radius 1 is 0.613 bits per heavy atom. The number of esters is 1. The standard InChI is InChI=1S/C13H10F14O4/c1-7(2,4-31-6(14)29)3-30-5(28)8(15,16)9(17,18)10(19,20)11(21,22)12(23,24)13(25,26)27/h3-4H2,1-2H3.